The Balaban J connectivity index is 2.80. The molecule has 0 bridgehead atoms. The van der Waals surface area contributed by atoms with Gasteiger partial charge < -0.3 is 5.73 Å². The average molecular weight is 232 g/mol. The maximum atomic E-state index is 5.51. The van der Waals surface area contributed by atoms with Gasteiger partial charge in [-0.05, 0) is 15.9 Å². The predicted molar refractivity (Wildman–Crippen MR) is 48.7 cm³/mol. The molecule has 0 spiro atoms. The molecule has 2 aromatic rings. The van der Waals surface area contributed by atoms with Crippen molar-refractivity contribution >= 4 is 32.2 Å². The fourth-order valence-corrected chi connectivity index (χ4v) is 2.51. The summed E-state index contributed by atoms with van der Waals surface area (Å²) in [6.45, 7) is 0.524. The monoisotopic (exact) mass is 231 g/mol. The van der Waals surface area contributed by atoms with Gasteiger partial charge in [-0.2, -0.15) is 0 Å². The molecule has 0 radical (unpaired) electrons. The van der Waals surface area contributed by atoms with E-state index >= 15 is 0 Å². The van der Waals surface area contributed by atoms with E-state index in [9.17, 15) is 0 Å². The molecule has 0 saturated heterocycles. The normalized spacial score (nSPS) is 11.1. The Bertz CT molecular complexity index is 378. The van der Waals surface area contributed by atoms with E-state index in [0.29, 0.717) is 6.54 Å². The number of thiazole rings is 1. The number of imidazole rings is 1. The molecule has 2 heterocycles. The summed E-state index contributed by atoms with van der Waals surface area (Å²) >= 11 is 5.02. The van der Waals surface area contributed by atoms with Crippen molar-refractivity contribution < 1.29 is 0 Å². The van der Waals surface area contributed by atoms with Crippen LogP contribution in [-0.4, -0.2) is 9.38 Å². The van der Waals surface area contributed by atoms with Crippen LogP contribution in [0.15, 0.2) is 16.2 Å². The van der Waals surface area contributed by atoms with E-state index in [0.717, 1.165) is 15.3 Å². The Morgan fingerprint density at radius 2 is 2.55 bits per heavy atom. The lowest BCUT2D eigenvalue weighted by molar-refractivity contribution is 0.955. The molecule has 0 aliphatic rings. The van der Waals surface area contributed by atoms with Gasteiger partial charge in [-0.15, -0.1) is 11.3 Å². The number of fused-ring (bicyclic) bond motifs is 1. The van der Waals surface area contributed by atoms with Crippen LogP contribution < -0.4 is 5.73 Å². The molecule has 0 amide bonds. The third kappa shape index (κ3) is 0.998. The van der Waals surface area contributed by atoms with Gasteiger partial charge in [0.1, 0.15) is 4.60 Å². The Morgan fingerprint density at radius 1 is 1.73 bits per heavy atom. The molecule has 2 rings (SSSR count). The third-order valence-corrected chi connectivity index (χ3v) is 3.21. The van der Waals surface area contributed by atoms with Crippen molar-refractivity contribution in [3.63, 3.8) is 0 Å². The quantitative estimate of drug-likeness (QED) is 0.811. The second-order valence-corrected chi connectivity index (χ2v) is 3.78. The van der Waals surface area contributed by atoms with Crippen molar-refractivity contribution in [2.75, 3.05) is 0 Å². The van der Waals surface area contributed by atoms with Crippen molar-refractivity contribution in [2.45, 2.75) is 6.54 Å². The van der Waals surface area contributed by atoms with Crippen molar-refractivity contribution in [2.24, 2.45) is 5.73 Å². The van der Waals surface area contributed by atoms with E-state index in [1.165, 1.54) is 0 Å². The van der Waals surface area contributed by atoms with E-state index in [2.05, 4.69) is 20.9 Å². The zero-order valence-corrected chi connectivity index (χ0v) is 8.02. The molecule has 0 unspecified atom stereocenters. The molecule has 11 heavy (non-hydrogen) atoms. The van der Waals surface area contributed by atoms with Crippen LogP contribution in [0.2, 0.25) is 0 Å². The summed E-state index contributed by atoms with van der Waals surface area (Å²) in [6.07, 6.45) is 1.80. The van der Waals surface area contributed by atoms with Gasteiger partial charge in [0.25, 0.3) is 0 Å². The lowest BCUT2D eigenvalue weighted by Gasteiger charge is -1.92. The summed E-state index contributed by atoms with van der Waals surface area (Å²) in [5, 5.41) is 2.00. The molecule has 0 saturated carbocycles. The third-order valence-electron chi connectivity index (χ3n) is 1.49. The molecule has 0 aromatic carbocycles. The fraction of sp³-hybridized carbons (Fsp3) is 0.167. The number of rotatable bonds is 1. The predicted octanol–water partition coefficient (Wildman–Crippen LogP) is 1.62. The minimum absolute atomic E-state index is 0.524. The first-order valence-corrected chi connectivity index (χ1v) is 4.79. The Labute approximate surface area is 76.0 Å². The fourth-order valence-electron chi connectivity index (χ4n) is 0.978. The maximum absolute atomic E-state index is 5.51. The van der Waals surface area contributed by atoms with Crippen LogP contribution in [0.25, 0.3) is 4.96 Å². The molecule has 58 valence electrons. The molecule has 0 atom stereocenters. The Hall–Kier alpha value is -0.390. The highest BCUT2D eigenvalue weighted by Crippen LogP contribution is 2.21. The zero-order chi connectivity index (χ0) is 7.84. The smallest absolute Gasteiger partial charge is 0.194 e. The van der Waals surface area contributed by atoms with Crippen LogP contribution in [0.5, 0.6) is 0 Å². The van der Waals surface area contributed by atoms with Gasteiger partial charge in [-0.3, -0.25) is 4.40 Å². The first kappa shape index (κ1) is 7.27. The lowest BCUT2D eigenvalue weighted by atomic mass is 10.5. The summed E-state index contributed by atoms with van der Waals surface area (Å²) in [5.41, 5.74) is 6.55. The van der Waals surface area contributed by atoms with Gasteiger partial charge >= 0.3 is 0 Å². The van der Waals surface area contributed by atoms with Crippen LogP contribution in [0.4, 0.5) is 0 Å². The topological polar surface area (TPSA) is 43.3 Å². The summed E-state index contributed by atoms with van der Waals surface area (Å²) in [4.78, 5) is 5.17. The minimum atomic E-state index is 0.524. The second-order valence-electron chi connectivity index (χ2n) is 2.13. The SMILES string of the molecule is NCc1cnc2scc(Br)n12. The highest BCUT2D eigenvalue weighted by atomic mass is 79.9. The standard InChI is InChI=1S/C6H6BrN3S/c7-5-3-11-6-9-2-4(1-8)10(5)6/h2-3H,1,8H2. The molecule has 2 N–H and O–H groups in total. The van der Waals surface area contributed by atoms with Crippen molar-refractivity contribution in [3.05, 3.63) is 21.9 Å². The number of hydrogen-bond donors (Lipinski definition) is 1. The molecule has 0 fully saturated rings. The van der Waals surface area contributed by atoms with Crippen molar-refractivity contribution in [1.82, 2.24) is 9.38 Å². The Kier molecular flexibility index (Phi) is 1.71. The van der Waals surface area contributed by atoms with Gasteiger partial charge in [-0.1, -0.05) is 0 Å². The molecule has 5 heteroatoms. The maximum Gasteiger partial charge on any atom is 0.194 e. The first-order chi connectivity index (χ1) is 5.33. The van der Waals surface area contributed by atoms with Gasteiger partial charge in [0.2, 0.25) is 0 Å². The number of nitrogens with two attached hydrogens (primary N) is 1. The van der Waals surface area contributed by atoms with Crippen LogP contribution in [0, 0.1) is 0 Å². The summed E-state index contributed by atoms with van der Waals surface area (Å²) < 4.78 is 3.03. The highest BCUT2D eigenvalue weighted by Gasteiger charge is 2.05. The van der Waals surface area contributed by atoms with Crippen molar-refractivity contribution in [3.8, 4) is 0 Å². The van der Waals surface area contributed by atoms with E-state index < -0.39 is 0 Å². The molecule has 0 aliphatic heterocycles. The minimum Gasteiger partial charge on any atom is -0.325 e. The highest BCUT2D eigenvalue weighted by molar-refractivity contribution is 9.10. The van der Waals surface area contributed by atoms with E-state index in [1.54, 1.807) is 17.5 Å². The molecular weight excluding hydrogens is 226 g/mol. The van der Waals surface area contributed by atoms with Crippen LogP contribution >= 0.6 is 27.3 Å². The van der Waals surface area contributed by atoms with Crippen LogP contribution in [-0.2, 0) is 6.54 Å². The number of halogens is 1. The lowest BCUT2D eigenvalue weighted by Crippen LogP contribution is -1.99. The van der Waals surface area contributed by atoms with Gasteiger partial charge in [0, 0.05) is 11.9 Å². The number of aromatic nitrogens is 2. The van der Waals surface area contributed by atoms with Gasteiger partial charge in [0.15, 0.2) is 4.96 Å². The Morgan fingerprint density at radius 3 is 3.27 bits per heavy atom. The summed E-state index contributed by atoms with van der Waals surface area (Å²) in [7, 11) is 0. The number of hydrogen-bond acceptors (Lipinski definition) is 3. The molecule has 2 aromatic heterocycles. The van der Waals surface area contributed by atoms with Gasteiger partial charge in [-0.25, -0.2) is 4.98 Å². The van der Waals surface area contributed by atoms with Crippen LogP contribution in [0.3, 0.4) is 0 Å². The largest absolute Gasteiger partial charge is 0.325 e. The van der Waals surface area contributed by atoms with E-state index in [1.807, 2.05) is 9.78 Å². The molecule has 0 aliphatic carbocycles. The first-order valence-electron chi connectivity index (χ1n) is 3.12. The van der Waals surface area contributed by atoms with Gasteiger partial charge in [0.05, 0.1) is 11.9 Å². The van der Waals surface area contributed by atoms with Crippen molar-refractivity contribution in [1.29, 1.82) is 0 Å². The second kappa shape index (κ2) is 2.58. The van der Waals surface area contributed by atoms with E-state index in [-0.39, 0.29) is 0 Å². The summed E-state index contributed by atoms with van der Waals surface area (Å²) in [6, 6.07) is 0. The molecule has 3 nitrogen and oxygen atoms in total. The van der Waals surface area contributed by atoms with E-state index in [4.69, 9.17) is 5.73 Å². The average Bonchev–Trinajstić information content (AvgIpc) is 2.54. The molecular formula is C6H6BrN3S. The number of nitrogens with zero attached hydrogens (tertiary/aromatic N) is 2. The van der Waals surface area contributed by atoms with Crippen LogP contribution in [0.1, 0.15) is 5.69 Å². The zero-order valence-electron chi connectivity index (χ0n) is 5.62. The summed E-state index contributed by atoms with van der Waals surface area (Å²) in [5.74, 6) is 0.